The minimum absolute atomic E-state index is 0.0499. The predicted octanol–water partition coefficient (Wildman–Crippen LogP) is -0.671. The van der Waals surface area contributed by atoms with Crippen LogP contribution in [-0.4, -0.2) is 42.7 Å². The lowest BCUT2D eigenvalue weighted by molar-refractivity contribution is -0.120. The second kappa shape index (κ2) is 7.72. The van der Waals surface area contributed by atoms with E-state index in [0.29, 0.717) is 19.7 Å². The first-order valence-corrected chi connectivity index (χ1v) is 5.04. The normalized spacial score (nSPS) is 10.1. The smallest absolute Gasteiger partial charge is 0.234 e. The minimum Gasteiger partial charge on any atom is -0.383 e. The van der Waals surface area contributed by atoms with Crippen LogP contribution in [0.5, 0.6) is 0 Å². The first kappa shape index (κ1) is 12.5. The van der Waals surface area contributed by atoms with Crippen LogP contribution in [0.25, 0.3) is 0 Å². The maximum absolute atomic E-state index is 11.2. The van der Waals surface area contributed by atoms with Crippen LogP contribution in [0.2, 0.25) is 0 Å². The van der Waals surface area contributed by atoms with Gasteiger partial charge in [0.15, 0.2) is 0 Å². The summed E-state index contributed by atoms with van der Waals surface area (Å²) in [6.07, 6.45) is 3.15. The number of hydrogen-bond donors (Lipinski definition) is 2. The van der Waals surface area contributed by atoms with E-state index in [9.17, 15) is 4.79 Å². The number of carbonyl (C=O) groups is 1. The molecular formula is C10H16N4O2. The van der Waals surface area contributed by atoms with E-state index in [1.807, 2.05) is 0 Å². The van der Waals surface area contributed by atoms with Gasteiger partial charge in [0.05, 0.1) is 18.8 Å². The van der Waals surface area contributed by atoms with Gasteiger partial charge < -0.3 is 15.4 Å². The molecule has 1 aromatic rings. The highest BCUT2D eigenvalue weighted by Gasteiger charge is 1.99. The Balaban J connectivity index is 2.09. The van der Waals surface area contributed by atoms with Crippen LogP contribution < -0.4 is 10.6 Å². The number of rotatable bonds is 7. The number of ether oxygens (including phenoxy) is 1. The Kier molecular flexibility index (Phi) is 6.05. The van der Waals surface area contributed by atoms with Crippen LogP contribution in [0, 0.1) is 0 Å². The van der Waals surface area contributed by atoms with Gasteiger partial charge >= 0.3 is 0 Å². The molecule has 1 rings (SSSR count). The summed E-state index contributed by atoms with van der Waals surface area (Å²) in [6.45, 7) is 1.89. The first-order chi connectivity index (χ1) is 7.83. The molecule has 0 bridgehead atoms. The summed E-state index contributed by atoms with van der Waals surface area (Å²) in [5, 5.41) is 5.70. The molecular weight excluding hydrogens is 208 g/mol. The number of nitrogens with zero attached hydrogens (tertiary/aromatic N) is 2. The van der Waals surface area contributed by atoms with Crippen LogP contribution in [0.3, 0.4) is 0 Å². The minimum atomic E-state index is -0.0499. The van der Waals surface area contributed by atoms with Gasteiger partial charge in [-0.15, -0.1) is 0 Å². The molecule has 0 aliphatic heterocycles. The topological polar surface area (TPSA) is 76.1 Å². The Morgan fingerprint density at radius 1 is 1.56 bits per heavy atom. The van der Waals surface area contributed by atoms with Crippen molar-refractivity contribution in [3.8, 4) is 0 Å². The van der Waals surface area contributed by atoms with E-state index in [0.717, 1.165) is 5.69 Å². The lowest BCUT2D eigenvalue weighted by atomic mass is 10.4. The van der Waals surface area contributed by atoms with Crippen molar-refractivity contribution < 1.29 is 9.53 Å². The highest BCUT2D eigenvalue weighted by molar-refractivity contribution is 5.77. The molecule has 6 nitrogen and oxygen atoms in total. The Morgan fingerprint density at radius 2 is 2.44 bits per heavy atom. The summed E-state index contributed by atoms with van der Waals surface area (Å²) in [7, 11) is 1.60. The van der Waals surface area contributed by atoms with Crippen molar-refractivity contribution in [1.29, 1.82) is 0 Å². The van der Waals surface area contributed by atoms with Crippen molar-refractivity contribution in [2.75, 3.05) is 26.8 Å². The maximum atomic E-state index is 11.2. The first-order valence-electron chi connectivity index (χ1n) is 5.04. The molecule has 0 aliphatic carbocycles. The van der Waals surface area contributed by atoms with Gasteiger partial charge in [0.2, 0.25) is 5.91 Å². The molecule has 1 heterocycles. The lowest BCUT2D eigenvalue weighted by Gasteiger charge is -2.05. The lowest BCUT2D eigenvalue weighted by Crippen LogP contribution is -2.35. The van der Waals surface area contributed by atoms with E-state index in [1.54, 1.807) is 19.4 Å². The average Bonchev–Trinajstić information content (AvgIpc) is 2.31. The zero-order valence-corrected chi connectivity index (χ0v) is 9.27. The van der Waals surface area contributed by atoms with Crippen molar-refractivity contribution in [2.45, 2.75) is 6.54 Å². The zero-order valence-electron chi connectivity index (χ0n) is 9.27. The van der Waals surface area contributed by atoms with Gasteiger partial charge in [-0.05, 0) is 6.07 Å². The Bertz CT molecular complexity index is 305. The van der Waals surface area contributed by atoms with Crippen LogP contribution in [0.15, 0.2) is 18.6 Å². The van der Waals surface area contributed by atoms with Gasteiger partial charge in [0.25, 0.3) is 0 Å². The molecule has 0 aliphatic rings. The number of amides is 1. The molecule has 16 heavy (non-hydrogen) atoms. The fourth-order valence-corrected chi connectivity index (χ4v) is 1.08. The molecule has 0 aromatic carbocycles. The molecule has 1 aromatic heterocycles. The number of nitrogens with one attached hydrogen (secondary N) is 2. The second-order valence-electron chi connectivity index (χ2n) is 3.15. The van der Waals surface area contributed by atoms with Crippen LogP contribution in [-0.2, 0) is 16.1 Å². The fourth-order valence-electron chi connectivity index (χ4n) is 1.08. The number of aromatic nitrogens is 2. The third-order valence-electron chi connectivity index (χ3n) is 1.86. The summed E-state index contributed by atoms with van der Waals surface area (Å²) in [4.78, 5) is 19.1. The number of hydrogen-bond acceptors (Lipinski definition) is 5. The van der Waals surface area contributed by atoms with Crippen molar-refractivity contribution in [3.05, 3.63) is 24.3 Å². The van der Waals surface area contributed by atoms with Gasteiger partial charge in [0, 0.05) is 26.4 Å². The molecule has 0 saturated carbocycles. The van der Waals surface area contributed by atoms with Crippen LogP contribution in [0.1, 0.15) is 5.69 Å². The van der Waals surface area contributed by atoms with Gasteiger partial charge in [-0.3, -0.25) is 4.79 Å². The highest BCUT2D eigenvalue weighted by atomic mass is 16.5. The Labute approximate surface area is 94.4 Å². The molecule has 0 fully saturated rings. The SMILES string of the molecule is COCCNC(=O)CNCc1ccncn1. The van der Waals surface area contributed by atoms with E-state index >= 15 is 0 Å². The molecule has 0 radical (unpaired) electrons. The van der Waals surface area contributed by atoms with Crippen molar-refractivity contribution >= 4 is 5.91 Å². The molecule has 0 spiro atoms. The van der Waals surface area contributed by atoms with E-state index in [1.165, 1.54) is 6.33 Å². The second-order valence-corrected chi connectivity index (χ2v) is 3.15. The summed E-state index contributed by atoms with van der Waals surface area (Å²) in [5.41, 5.74) is 0.861. The molecule has 2 N–H and O–H groups in total. The summed E-state index contributed by atoms with van der Waals surface area (Å²) in [6, 6.07) is 1.80. The maximum Gasteiger partial charge on any atom is 0.234 e. The zero-order chi connectivity index (χ0) is 11.6. The van der Waals surface area contributed by atoms with E-state index in [-0.39, 0.29) is 12.5 Å². The summed E-state index contributed by atoms with van der Waals surface area (Å²) in [5.74, 6) is -0.0499. The van der Waals surface area contributed by atoms with Crippen molar-refractivity contribution in [1.82, 2.24) is 20.6 Å². The number of methoxy groups -OCH3 is 1. The Morgan fingerprint density at radius 3 is 3.12 bits per heavy atom. The van der Waals surface area contributed by atoms with Gasteiger partial charge in [-0.1, -0.05) is 0 Å². The van der Waals surface area contributed by atoms with Gasteiger partial charge in [0.1, 0.15) is 6.33 Å². The fraction of sp³-hybridized carbons (Fsp3) is 0.500. The molecule has 0 saturated heterocycles. The number of carbonyl (C=O) groups excluding carboxylic acids is 1. The van der Waals surface area contributed by atoms with E-state index < -0.39 is 0 Å². The summed E-state index contributed by atoms with van der Waals surface area (Å²) >= 11 is 0. The molecule has 0 atom stereocenters. The molecule has 0 unspecified atom stereocenters. The monoisotopic (exact) mass is 224 g/mol. The van der Waals surface area contributed by atoms with Crippen molar-refractivity contribution in [2.24, 2.45) is 0 Å². The van der Waals surface area contributed by atoms with Gasteiger partial charge in [-0.2, -0.15) is 0 Å². The average molecular weight is 224 g/mol. The van der Waals surface area contributed by atoms with E-state index in [2.05, 4.69) is 20.6 Å². The standard InChI is InChI=1S/C10H16N4O2/c1-16-5-4-13-10(15)7-12-6-9-2-3-11-8-14-9/h2-3,8,12H,4-7H2,1H3,(H,13,15). The molecule has 1 amide bonds. The molecule has 6 heteroatoms. The van der Waals surface area contributed by atoms with Crippen LogP contribution in [0.4, 0.5) is 0 Å². The third kappa shape index (κ3) is 5.38. The third-order valence-corrected chi connectivity index (χ3v) is 1.86. The van der Waals surface area contributed by atoms with Crippen molar-refractivity contribution in [3.63, 3.8) is 0 Å². The predicted molar refractivity (Wildman–Crippen MR) is 58.6 cm³/mol. The Hall–Kier alpha value is -1.53. The quantitative estimate of drug-likeness (QED) is 0.601. The molecule has 88 valence electrons. The summed E-state index contributed by atoms with van der Waals surface area (Å²) < 4.78 is 4.81. The van der Waals surface area contributed by atoms with Crippen LogP contribution >= 0.6 is 0 Å². The largest absolute Gasteiger partial charge is 0.383 e. The van der Waals surface area contributed by atoms with Gasteiger partial charge in [-0.25, -0.2) is 9.97 Å². The van der Waals surface area contributed by atoms with E-state index in [4.69, 9.17) is 4.74 Å². The highest BCUT2D eigenvalue weighted by Crippen LogP contribution is 1.88.